The average Bonchev–Trinajstić information content (AvgIpc) is 2.98. The van der Waals surface area contributed by atoms with Gasteiger partial charge < -0.3 is 14.2 Å². The minimum absolute atomic E-state index is 0.0897. The topological polar surface area (TPSA) is 48.0 Å². The van der Waals surface area contributed by atoms with Crippen molar-refractivity contribution in [3.63, 3.8) is 0 Å². The van der Waals surface area contributed by atoms with E-state index in [1.54, 1.807) is 14.2 Å². The first-order chi connectivity index (χ1) is 14.4. The van der Waals surface area contributed by atoms with Gasteiger partial charge in [0.1, 0.15) is 10.1 Å². The maximum Gasteiger partial charge on any atom is 0.265 e. The molecule has 1 amide bonds. The fraction of sp³-hybridized carbons (Fsp3) is 0.304. The minimum Gasteiger partial charge on any atom is -0.493 e. The quantitative estimate of drug-likeness (QED) is 0.325. The van der Waals surface area contributed by atoms with E-state index in [-0.39, 0.29) is 5.91 Å². The van der Waals surface area contributed by atoms with Crippen molar-refractivity contribution in [2.75, 3.05) is 27.4 Å². The molecule has 0 bridgehead atoms. The van der Waals surface area contributed by atoms with Crippen molar-refractivity contribution in [3.8, 4) is 17.2 Å². The van der Waals surface area contributed by atoms with Crippen molar-refractivity contribution >= 4 is 40.3 Å². The summed E-state index contributed by atoms with van der Waals surface area (Å²) in [7, 11) is 3.28. The zero-order valence-corrected chi connectivity index (χ0v) is 19.2. The smallest absolute Gasteiger partial charge is 0.265 e. The molecular formula is C23H25NO4S2. The first-order valence-electron chi connectivity index (χ1n) is 9.62. The van der Waals surface area contributed by atoms with Crippen LogP contribution in [0.2, 0.25) is 0 Å². The van der Waals surface area contributed by atoms with E-state index in [4.69, 9.17) is 26.4 Å². The van der Waals surface area contributed by atoms with Crippen LogP contribution < -0.4 is 14.2 Å². The molecule has 3 rings (SSSR count). The van der Waals surface area contributed by atoms with Crippen LogP contribution in [0.3, 0.4) is 0 Å². The van der Waals surface area contributed by atoms with Crippen LogP contribution in [0.25, 0.3) is 6.08 Å². The number of ether oxygens (including phenoxy) is 3. The number of likely N-dealkylation sites (N-methyl/N-ethyl adjacent to an activating group) is 1. The van der Waals surface area contributed by atoms with Gasteiger partial charge in [-0.2, -0.15) is 0 Å². The predicted octanol–water partition coefficient (Wildman–Crippen LogP) is 4.99. The van der Waals surface area contributed by atoms with Gasteiger partial charge in [-0.05, 0) is 54.8 Å². The molecule has 0 unspecified atom stereocenters. The van der Waals surface area contributed by atoms with Crippen LogP contribution >= 0.6 is 24.0 Å². The summed E-state index contributed by atoms with van der Waals surface area (Å²) >= 11 is 6.46. The van der Waals surface area contributed by atoms with Crippen LogP contribution in [0.5, 0.6) is 17.2 Å². The Morgan fingerprint density at radius 3 is 2.47 bits per heavy atom. The first kappa shape index (κ1) is 22.2. The Kier molecular flexibility index (Phi) is 7.39. The summed E-state index contributed by atoms with van der Waals surface area (Å²) in [4.78, 5) is 14.2. The lowest BCUT2D eigenvalue weighted by molar-refractivity contribution is -0.121. The van der Waals surface area contributed by atoms with Gasteiger partial charge in [-0.25, -0.2) is 0 Å². The second-order valence-electron chi connectivity index (χ2n) is 6.90. The number of carbonyl (C=O) groups is 1. The average molecular weight is 444 g/mol. The highest BCUT2D eigenvalue weighted by Gasteiger charge is 2.28. The summed E-state index contributed by atoms with van der Waals surface area (Å²) in [5, 5.41) is 0. The number of aryl methyl sites for hydroxylation is 1. The second-order valence-corrected chi connectivity index (χ2v) is 8.58. The van der Waals surface area contributed by atoms with Crippen LogP contribution in [0.4, 0.5) is 0 Å². The summed E-state index contributed by atoms with van der Waals surface area (Å²) in [6.45, 7) is 5.22. The Balaban J connectivity index is 1.56. The van der Waals surface area contributed by atoms with Crippen LogP contribution in [0.15, 0.2) is 41.3 Å². The number of amides is 1. The number of benzene rings is 2. The Bertz CT molecular complexity index is 987. The van der Waals surface area contributed by atoms with E-state index in [0.29, 0.717) is 33.9 Å². The molecule has 2 aromatic rings. The van der Waals surface area contributed by atoms with Crippen molar-refractivity contribution in [1.29, 1.82) is 0 Å². The van der Waals surface area contributed by atoms with Crippen LogP contribution in [-0.4, -0.2) is 42.5 Å². The van der Waals surface area contributed by atoms with Crippen LogP contribution in [-0.2, 0) is 4.79 Å². The SMILES string of the molecule is COc1cc(/C=C2\SC(=S)N(C)C2=O)ccc1OCCCOc1cccc(C)c1C. The molecule has 30 heavy (non-hydrogen) atoms. The summed E-state index contributed by atoms with van der Waals surface area (Å²) in [5.41, 5.74) is 3.23. The molecule has 5 nitrogen and oxygen atoms in total. The van der Waals surface area contributed by atoms with Gasteiger partial charge in [0, 0.05) is 13.5 Å². The molecule has 7 heteroatoms. The van der Waals surface area contributed by atoms with E-state index < -0.39 is 0 Å². The number of methoxy groups -OCH3 is 1. The molecule has 1 aliphatic heterocycles. The molecule has 1 fully saturated rings. The number of nitrogens with zero attached hydrogens (tertiary/aromatic N) is 1. The molecule has 1 saturated heterocycles. The molecule has 0 spiro atoms. The molecule has 1 heterocycles. The zero-order chi connectivity index (χ0) is 21.7. The van der Waals surface area contributed by atoms with E-state index in [1.807, 2.05) is 36.4 Å². The summed E-state index contributed by atoms with van der Waals surface area (Å²) in [5.74, 6) is 2.10. The van der Waals surface area contributed by atoms with E-state index in [9.17, 15) is 4.79 Å². The van der Waals surface area contributed by atoms with Gasteiger partial charge in [-0.15, -0.1) is 0 Å². The normalized spacial score (nSPS) is 15.1. The monoisotopic (exact) mass is 443 g/mol. The predicted molar refractivity (Wildman–Crippen MR) is 125 cm³/mol. The van der Waals surface area contributed by atoms with Crippen molar-refractivity contribution in [1.82, 2.24) is 4.90 Å². The molecule has 0 aliphatic carbocycles. The maximum absolute atomic E-state index is 12.2. The highest BCUT2D eigenvalue weighted by Crippen LogP contribution is 2.34. The zero-order valence-electron chi connectivity index (χ0n) is 17.6. The highest BCUT2D eigenvalue weighted by molar-refractivity contribution is 8.26. The van der Waals surface area contributed by atoms with E-state index in [0.717, 1.165) is 23.3 Å². The van der Waals surface area contributed by atoms with Gasteiger partial charge in [-0.1, -0.05) is 42.2 Å². The fourth-order valence-corrected chi connectivity index (χ4v) is 4.07. The van der Waals surface area contributed by atoms with E-state index in [2.05, 4.69) is 19.9 Å². The molecule has 0 aromatic heterocycles. The Labute approximate surface area is 187 Å². The number of thioether (sulfide) groups is 1. The summed E-state index contributed by atoms with van der Waals surface area (Å²) in [6, 6.07) is 11.7. The van der Waals surface area contributed by atoms with E-state index in [1.165, 1.54) is 22.2 Å². The third-order valence-corrected chi connectivity index (χ3v) is 6.32. The highest BCUT2D eigenvalue weighted by atomic mass is 32.2. The molecule has 0 atom stereocenters. The van der Waals surface area contributed by atoms with Crippen molar-refractivity contribution in [3.05, 3.63) is 58.0 Å². The van der Waals surface area contributed by atoms with Gasteiger partial charge in [0.25, 0.3) is 5.91 Å². The molecule has 0 radical (unpaired) electrons. The van der Waals surface area contributed by atoms with Crippen molar-refractivity contribution < 1.29 is 19.0 Å². The second kappa shape index (κ2) is 10.00. The van der Waals surface area contributed by atoms with Gasteiger partial charge >= 0.3 is 0 Å². The molecular weight excluding hydrogens is 418 g/mol. The molecule has 1 aliphatic rings. The first-order valence-corrected chi connectivity index (χ1v) is 10.8. The lowest BCUT2D eigenvalue weighted by atomic mass is 10.1. The minimum atomic E-state index is -0.0897. The van der Waals surface area contributed by atoms with Gasteiger partial charge in [0.15, 0.2) is 11.5 Å². The molecule has 2 aromatic carbocycles. The fourth-order valence-electron chi connectivity index (χ4n) is 2.89. The van der Waals surface area contributed by atoms with Crippen molar-refractivity contribution in [2.45, 2.75) is 20.3 Å². The van der Waals surface area contributed by atoms with Gasteiger partial charge in [0.2, 0.25) is 0 Å². The third-order valence-electron chi connectivity index (χ3n) is 4.83. The lowest BCUT2D eigenvalue weighted by Crippen LogP contribution is -2.22. The molecule has 158 valence electrons. The Morgan fingerprint density at radius 1 is 1.07 bits per heavy atom. The molecule has 0 saturated carbocycles. The maximum atomic E-state index is 12.2. The Morgan fingerprint density at radius 2 is 1.80 bits per heavy atom. The number of carbonyl (C=O) groups excluding carboxylic acids is 1. The van der Waals surface area contributed by atoms with Crippen LogP contribution in [0, 0.1) is 13.8 Å². The number of hydrogen-bond acceptors (Lipinski definition) is 6. The number of rotatable bonds is 8. The summed E-state index contributed by atoms with van der Waals surface area (Å²) < 4.78 is 17.8. The van der Waals surface area contributed by atoms with Crippen molar-refractivity contribution in [2.24, 2.45) is 0 Å². The van der Waals surface area contributed by atoms with E-state index >= 15 is 0 Å². The standard InChI is InChI=1S/C23H25NO4S2/c1-15-7-5-8-18(16(15)2)27-11-6-12-28-19-10-9-17(13-20(19)26-4)14-21-22(25)24(3)23(29)30-21/h5,7-10,13-14H,6,11-12H2,1-4H3/b21-14-. The van der Waals surface area contributed by atoms with Gasteiger partial charge in [-0.3, -0.25) is 9.69 Å². The van der Waals surface area contributed by atoms with Crippen LogP contribution in [0.1, 0.15) is 23.1 Å². The largest absolute Gasteiger partial charge is 0.493 e. The lowest BCUT2D eigenvalue weighted by Gasteiger charge is -2.13. The number of hydrogen-bond donors (Lipinski definition) is 0. The third kappa shape index (κ3) is 5.15. The number of thiocarbonyl (C=S) groups is 1. The van der Waals surface area contributed by atoms with Gasteiger partial charge in [0.05, 0.1) is 25.2 Å². The summed E-state index contributed by atoms with van der Waals surface area (Å²) in [6.07, 6.45) is 2.56. The Hall–Kier alpha value is -2.51. The molecule has 0 N–H and O–H groups in total.